The SMILES string of the molecule is CS(=O)(=O)c1ccc2oc(CC3CCCNC3)nc2c1. The van der Waals surface area contributed by atoms with Crippen LogP contribution in [-0.2, 0) is 16.3 Å². The molecule has 108 valence electrons. The van der Waals surface area contributed by atoms with Crippen LogP contribution in [0.3, 0.4) is 0 Å². The largest absolute Gasteiger partial charge is 0.441 e. The molecule has 0 radical (unpaired) electrons. The van der Waals surface area contributed by atoms with Crippen LogP contribution < -0.4 is 5.32 Å². The van der Waals surface area contributed by atoms with Gasteiger partial charge in [-0.3, -0.25) is 0 Å². The maximum absolute atomic E-state index is 11.5. The van der Waals surface area contributed by atoms with Crippen LogP contribution in [0.4, 0.5) is 0 Å². The van der Waals surface area contributed by atoms with Crippen molar-refractivity contribution in [2.45, 2.75) is 24.2 Å². The number of nitrogens with zero attached hydrogens (tertiary/aromatic N) is 1. The van der Waals surface area contributed by atoms with Crippen molar-refractivity contribution in [3.05, 3.63) is 24.1 Å². The molecule has 0 aliphatic carbocycles. The molecule has 1 N–H and O–H groups in total. The van der Waals surface area contributed by atoms with Crippen LogP contribution >= 0.6 is 0 Å². The lowest BCUT2D eigenvalue weighted by Gasteiger charge is -2.21. The third-order valence-corrected chi connectivity index (χ3v) is 4.80. The second-order valence-electron chi connectivity index (χ2n) is 5.43. The molecule has 0 bridgehead atoms. The summed E-state index contributed by atoms with van der Waals surface area (Å²) in [6.45, 7) is 2.08. The highest BCUT2D eigenvalue weighted by Gasteiger charge is 2.17. The summed E-state index contributed by atoms with van der Waals surface area (Å²) in [6.07, 6.45) is 4.36. The minimum Gasteiger partial charge on any atom is -0.441 e. The van der Waals surface area contributed by atoms with Gasteiger partial charge in [-0.25, -0.2) is 13.4 Å². The van der Waals surface area contributed by atoms with Crippen molar-refractivity contribution in [3.8, 4) is 0 Å². The number of aromatic nitrogens is 1. The van der Waals surface area contributed by atoms with E-state index in [9.17, 15) is 8.42 Å². The lowest BCUT2D eigenvalue weighted by Crippen LogP contribution is -2.30. The fourth-order valence-electron chi connectivity index (χ4n) is 2.62. The molecule has 0 spiro atoms. The molecule has 1 aliphatic heterocycles. The van der Waals surface area contributed by atoms with Gasteiger partial charge in [0.1, 0.15) is 5.52 Å². The zero-order valence-corrected chi connectivity index (χ0v) is 12.2. The Balaban J connectivity index is 1.86. The second-order valence-corrected chi connectivity index (χ2v) is 7.44. The highest BCUT2D eigenvalue weighted by atomic mass is 32.2. The van der Waals surface area contributed by atoms with E-state index in [2.05, 4.69) is 10.3 Å². The quantitative estimate of drug-likeness (QED) is 0.934. The molecule has 3 rings (SSSR count). The number of piperidine rings is 1. The van der Waals surface area contributed by atoms with Crippen LogP contribution in [0, 0.1) is 5.92 Å². The third-order valence-electron chi connectivity index (χ3n) is 3.69. The van der Waals surface area contributed by atoms with Crippen LogP contribution in [-0.4, -0.2) is 32.7 Å². The normalized spacial score (nSPS) is 20.4. The Morgan fingerprint density at radius 3 is 3.00 bits per heavy atom. The van der Waals surface area contributed by atoms with Gasteiger partial charge >= 0.3 is 0 Å². The van der Waals surface area contributed by atoms with Crippen molar-refractivity contribution >= 4 is 20.9 Å². The third kappa shape index (κ3) is 2.86. The van der Waals surface area contributed by atoms with Crippen molar-refractivity contribution in [1.29, 1.82) is 0 Å². The minimum absolute atomic E-state index is 0.282. The van der Waals surface area contributed by atoms with Crippen molar-refractivity contribution in [3.63, 3.8) is 0 Å². The molecule has 1 atom stereocenters. The number of benzene rings is 1. The first-order chi connectivity index (χ1) is 9.52. The summed E-state index contributed by atoms with van der Waals surface area (Å²) in [5.41, 5.74) is 1.27. The average molecular weight is 294 g/mol. The Hall–Kier alpha value is -1.40. The molecule has 1 saturated heterocycles. The van der Waals surface area contributed by atoms with E-state index in [4.69, 9.17) is 4.42 Å². The van der Waals surface area contributed by atoms with Crippen LogP contribution in [0.25, 0.3) is 11.1 Å². The minimum atomic E-state index is -3.20. The smallest absolute Gasteiger partial charge is 0.195 e. The fourth-order valence-corrected chi connectivity index (χ4v) is 3.26. The van der Waals surface area contributed by atoms with Gasteiger partial charge in [0.25, 0.3) is 0 Å². The summed E-state index contributed by atoms with van der Waals surface area (Å²) in [5, 5.41) is 3.37. The molecule has 1 aliphatic rings. The van der Waals surface area contributed by atoms with E-state index in [1.165, 1.54) is 19.1 Å². The van der Waals surface area contributed by atoms with Crippen LogP contribution in [0.1, 0.15) is 18.7 Å². The maximum Gasteiger partial charge on any atom is 0.195 e. The van der Waals surface area contributed by atoms with Gasteiger partial charge in [0.15, 0.2) is 21.3 Å². The van der Waals surface area contributed by atoms with Crippen molar-refractivity contribution in [1.82, 2.24) is 10.3 Å². The fraction of sp³-hybridized carbons (Fsp3) is 0.500. The Kier molecular flexibility index (Phi) is 3.52. The van der Waals surface area contributed by atoms with E-state index in [1.54, 1.807) is 18.2 Å². The van der Waals surface area contributed by atoms with Gasteiger partial charge in [-0.1, -0.05) is 0 Å². The summed E-state index contributed by atoms with van der Waals surface area (Å²) in [7, 11) is -3.20. The van der Waals surface area contributed by atoms with E-state index in [-0.39, 0.29) is 4.90 Å². The van der Waals surface area contributed by atoms with E-state index in [0.29, 0.717) is 22.9 Å². The molecule has 6 heteroatoms. The highest BCUT2D eigenvalue weighted by molar-refractivity contribution is 7.90. The summed E-state index contributed by atoms with van der Waals surface area (Å²) < 4.78 is 28.8. The van der Waals surface area contributed by atoms with E-state index in [0.717, 1.165) is 19.5 Å². The first kappa shape index (κ1) is 13.6. The predicted molar refractivity (Wildman–Crippen MR) is 76.4 cm³/mol. The van der Waals surface area contributed by atoms with Crippen molar-refractivity contribution < 1.29 is 12.8 Å². The van der Waals surface area contributed by atoms with Crippen LogP contribution in [0.2, 0.25) is 0 Å². The lowest BCUT2D eigenvalue weighted by atomic mass is 9.96. The van der Waals surface area contributed by atoms with Gasteiger partial charge < -0.3 is 9.73 Å². The van der Waals surface area contributed by atoms with E-state index in [1.807, 2.05) is 0 Å². The number of fused-ring (bicyclic) bond motifs is 1. The van der Waals surface area contributed by atoms with E-state index < -0.39 is 9.84 Å². The number of hydrogen-bond acceptors (Lipinski definition) is 5. The topological polar surface area (TPSA) is 72.2 Å². The summed E-state index contributed by atoms with van der Waals surface area (Å²) >= 11 is 0. The predicted octanol–water partition coefficient (Wildman–Crippen LogP) is 1.77. The molecule has 2 heterocycles. The van der Waals surface area contributed by atoms with Crippen LogP contribution in [0.15, 0.2) is 27.5 Å². The second kappa shape index (κ2) is 5.18. The number of sulfone groups is 1. The van der Waals surface area contributed by atoms with Gasteiger partial charge in [0.2, 0.25) is 0 Å². The molecule has 0 amide bonds. The lowest BCUT2D eigenvalue weighted by molar-refractivity contribution is 0.349. The van der Waals surface area contributed by atoms with Gasteiger partial charge in [-0.05, 0) is 50.0 Å². The highest BCUT2D eigenvalue weighted by Crippen LogP contribution is 2.23. The van der Waals surface area contributed by atoms with E-state index >= 15 is 0 Å². The summed E-state index contributed by atoms with van der Waals surface area (Å²) in [4.78, 5) is 4.70. The monoisotopic (exact) mass is 294 g/mol. The molecule has 1 unspecified atom stereocenters. The zero-order valence-electron chi connectivity index (χ0n) is 11.4. The molecule has 0 saturated carbocycles. The Labute approximate surface area is 118 Å². The summed E-state index contributed by atoms with van der Waals surface area (Å²) in [5.74, 6) is 1.24. The first-order valence-electron chi connectivity index (χ1n) is 6.82. The Morgan fingerprint density at radius 2 is 2.30 bits per heavy atom. The van der Waals surface area contributed by atoms with Gasteiger partial charge in [-0.15, -0.1) is 0 Å². The first-order valence-corrected chi connectivity index (χ1v) is 8.72. The standard InChI is InChI=1S/C14H18N2O3S/c1-20(17,18)11-4-5-13-12(8-11)16-14(19-13)7-10-3-2-6-15-9-10/h4-5,8,10,15H,2-3,6-7,9H2,1H3. The number of hydrogen-bond donors (Lipinski definition) is 1. The Morgan fingerprint density at radius 1 is 1.45 bits per heavy atom. The zero-order chi connectivity index (χ0) is 14.2. The number of rotatable bonds is 3. The van der Waals surface area contributed by atoms with Crippen molar-refractivity contribution in [2.24, 2.45) is 5.92 Å². The molecule has 1 fully saturated rings. The molecule has 5 nitrogen and oxygen atoms in total. The van der Waals surface area contributed by atoms with Gasteiger partial charge in [-0.2, -0.15) is 0 Å². The van der Waals surface area contributed by atoms with Crippen LogP contribution in [0.5, 0.6) is 0 Å². The summed E-state index contributed by atoms with van der Waals surface area (Å²) in [6, 6.07) is 4.83. The molecule has 2 aromatic rings. The number of nitrogens with one attached hydrogen (secondary N) is 1. The van der Waals surface area contributed by atoms with Crippen molar-refractivity contribution in [2.75, 3.05) is 19.3 Å². The molecular weight excluding hydrogens is 276 g/mol. The molecule has 1 aromatic carbocycles. The molecule has 1 aromatic heterocycles. The van der Waals surface area contributed by atoms with Gasteiger partial charge in [0, 0.05) is 12.7 Å². The number of oxazole rings is 1. The molecule has 20 heavy (non-hydrogen) atoms. The Bertz CT molecular complexity index is 715. The molecular formula is C14H18N2O3S. The van der Waals surface area contributed by atoms with Gasteiger partial charge in [0.05, 0.1) is 4.90 Å². The maximum atomic E-state index is 11.5. The average Bonchev–Trinajstić information content (AvgIpc) is 2.80.